The van der Waals surface area contributed by atoms with Crippen molar-refractivity contribution in [2.24, 2.45) is 0 Å². The molecule has 0 aliphatic carbocycles. The van der Waals surface area contributed by atoms with Gasteiger partial charge in [-0.1, -0.05) is 18.2 Å². The quantitative estimate of drug-likeness (QED) is 0.539. The first kappa shape index (κ1) is 19.3. The number of carbonyl (C=O) groups is 1. The number of rotatable bonds is 6. The second-order valence-electron chi connectivity index (χ2n) is 4.54. The van der Waals surface area contributed by atoms with Crippen molar-refractivity contribution in [1.29, 1.82) is 0 Å². The molecule has 0 aliphatic heterocycles. The van der Waals surface area contributed by atoms with E-state index in [9.17, 15) is 13.2 Å². The predicted molar refractivity (Wildman–Crippen MR) is 90.8 cm³/mol. The molecular formula is C16H19NO6S. The summed E-state index contributed by atoms with van der Waals surface area (Å²) in [4.78, 5) is 10.1. The number of phenols is 1. The van der Waals surface area contributed by atoms with Gasteiger partial charge in [0.2, 0.25) is 0 Å². The van der Waals surface area contributed by atoms with E-state index >= 15 is 0 Å². The Morgan fingerprint density at radius 1 is 1.08 bits per heavy atom. The van der Waals surface area contributed by atoms with Gasteiger partial charge in [-0.05, 0) is 43.3 Å². The first-order chi connectivity index (χ1) is 11.3. The van der Waals surface area contributed by atoms with Gasteiger partial charge in [0, 0.05) is 5.69 Å². The Balaban J connectivity index is 0.000000240. The van der Waals surface area contributed by atoms with Gasteiger partial charge in [-0.25, -0.2) is 0 Å². The van der Waals surface area contributed by atoms with E-state index < -0.39 is 16.1 Å². The third kappa shape index (κ3) is 8.04. The Morgan fingerprint density at radius 2 is 1.67 bits per heavy atom. The van der Waals surface area contributed by atoms with Gasteiger partial charge in [-0.15, -0.1) is 0 Å². The molecule has 3 N–H and O–H groups in total. The predicted octanol–water partition coefficient (Wildman–Crippen LogP) is 2.30. The Morgan fingerprint density at radius 3 is 2.17 bits per heavy atom. The van der Waals surface area contributed by atoms with Crippen molar-refractivity contribution in [3.05, 3.63) is 54.6 Å². The van der Waals surface area contributed by atoms with Crippen LogP contribution in [0.5, 0.6) is 11.5 Å². The highest BCUT2D eigenvalue weighted by atomic mass is 32.2. The smallest absolute Gasteiger partial charge is 0.322 e. The Bertz CT molecular complexity index is 729. The maximum Gasteiger partial charge on any atom is 0.322 e. The summed E-state index contributed by atoms with van der Waals surface area (Å²) in [6.07, 6.45) is 0. The number of aromatic hydroxyl groups is 1. The molecule has 0 aromatic heterocycles. The number of anilines is 1. The number of benzene rings is 2. The van der Waals surface area contributed by atoms with Crippen LogP contribution in [0.15, 0.2) is 54.6 Å². The lowest BCUT2D eigenvalue weighted by Crippen LogP contribution is -2.11. The molecule has 24 heavy (non-hydrogen) atoms. The molecule has 0 bridgehead atoms. The highest BCUT2D eigenvalue weighted by Crippen LogP contribution is 2.13. The van der Waals surface area contributed by atoms with Crippen LogP contribution in [0.1, 0.15) is 6.92 Å². The Kier molecular flexibility index (Phi) is 7.57. The Hall–Kier alpha value is -2.74. The number of nitrogens with one attached hydrogen (secondary N) is 1. The minimum Gasteiger partial charge on any atom is -0.508 e. The fourth-order valence-corrected chi connectivity index (χ4v) is 1.96. The fraction of sp³-hybridized carbons (Fsp3) is 0.188. The van der Waals surface area contributed by atoms with E-state index in [1.165, 1.54) is 19.1 Å². The molecule has 0 unspecified atom stereocenters. The summed E-state index contributed by atoms with van der Waals surface area (Å²) >= 11 is 0. The van der Waals surface area contributed by atoms with Crippen LogP contribution in [0.4, 0.5) is 5.69 Å². The molecule has 0 amide bonds. The van der Waals surface area contributed by atoms with E-state index in [1.54, 1.807) is 42.5 Å². The lowest BCUT2D eigenvalue weighted by Gasteiger charge is -2.02. The summed E-state index contributed by atoms with van der Waals surface area (Å²) < 4.78 is 26.6. The standard InChI is InChI=1S/C8H9NO3.C8H10O3S/c10-7-3-1-6(2-4-7)9-5-8(11)12;1-2-12(9,10)11-8-6-4-3-5-7-8/h1-4,9-10H,5H2,(H,11,12);3-7H,2H2,1H3. The molecule has 0 saturated heterocycles. The van der Waals surface area contributed by atoms with Crippen molar-refractivity contribution in [2.45, 2.75) is 6.92 Å². The minimum absolute atomic E-state index is 0.0120. The molecule has 2 aromatic rings. The van der Waals surface area contributed by atoms with Gasteiger partial charge in [0.05, 0.1) is 5.75 Å². The first-order valence-corrected chi connectivity index (χ1v) is 8.62. The van der Waals surface area contributed by atoms with Crippen molar-refractivity contribution in [2.75, 3.05) is 17.6 Å². The van der Waals surface area contributed by atoms with E-state index in [4.69, 9.17) is 14.4 Å². The van der Waals surface area contributed by atoms with E-state index in [1.807, 2.05) is 0 Å². The fourth-order valence-electron chi connectivity index (χ4n) is 1.44. The second kappa shape index (κ2) is 9.41. The molecule has 2 rings (SSSR count). The van der Waals surface area contributed by atoms with Gasteiger partial charge < -0.3 is 19.7 Å². The normalized spacial score (nSPS) is 10.2. The van der Waals surface area contributed by atoms with E-state index in [2.05, 4.69) is 5.32 Å². The summed E-state index contributed by atoms with van der Waals surface area (Å²) in [6.45, 7) is 1.42. The van der Waals surface area contributed by atoms with Gasteiger partial charge in [0.1, 0.15) is 18.0 Å². The molecule has 0 heterocycles. The molecule has 7 nitrogen and oxygen atoms in total. The average molecular weight is 353 g/mol. The number of hydrogen-bond donors (Lipinski definition) is 3. The minimum atomic E-state index is -3.37. The van der Waals surface area contributed by atoms with Crippen LogP contribution in [0.25, 0.3) is 0 Å². The van der Waals surface area contributed by atoms with Crippen LogP contribution < -0.4 is 9.50 Å². The zero-order valence-electron chi connectivity index (χ0n) is 13.0. The van der Waals surface area contributed by atoms with E-state index in [0.29, 0.717) is 11.4 Å². The average Bonchev–Trinajstić information content (AvgIpc) is 2.55. The van der Waals surface area contributed by atoms with Gasteiger partial charge in [0.15, 0.2) is 0 Å². The van der Waals surface area contributed by atoms with Crippen molar-refractivity contribution < 1.29 is 27.6 Å². The highest BCUT2D eigenvalue weighted by Gasteiger charge is 2.07. The molecule has 0 atom stereocenters. The maximum atomic E-state index is 10.9. The number of carboxylic acids is 1. The molecule has 0 aliphatic rings. The van der Waals surface area contributed by atoms with Crippen LogP contribution in [-0.4, -0.2) is 36.9 Å². The monoisotopic (exact) mass is 353 g/mol. The largest absolute Gasteiger partial charge is 0.508 e. The van der Waals surface area contributed by atoms with Crippen molar-refractivity contribution in [1.82, 2.24) is 0 Å². The zero-order valence-corrected chi connectivity index (χ0v) is 13.9. The summed E-state index contributed by atoms with van der Waals surface area (Å²) in [6, 6.07) is 14.7. The third-order valence-corrected chi connectivity index (χ3v) is 3.78. The second-order valence-corrected chi connectivity index (χ2v) is 6.40. The number of hydrogen-bond acceptors (Lipinski definition) is 6. The number of phenolic OH excluding ortho intramolecular Hbond substituents is 1. The summed E-state index contributed by atoms with van der Waals surface area (Å²) in [5.74, 6) is -0.402. The van der Waals surface area contributed by atoms with Gasteiger partial charge in [-0.2, -0.15) is 8.42 Å². The SMILES string of the molecule is CCS(=O)(=O)Oc1ccccc1.O=C(O)CNc1ccc(O)cc1. The molecule has 0 fully saturated rings. The molecule has 0 saturated carbocycles. The van der Waals surface area contributed by atoms with Crippen molar-refractivity contribution in [3.63, 3.8) is 0 Å². The van der Waals surface area contributed by atoms with Gasteiger partial charge in [-0.3, -0.25) is 4.79 Å². The lowest BCUT2D eigenvalue weighted by molar-refractivity contribution is -0.134. The molecule has 0 radical (unpaired) electrons. The lowest BCUT2D eigenvalue weighted by atomic mass is 10.3. The Labute approximate surface area is 140 Å². The van der Waals surface area contributed by atoms with E-state index in [0.717, 1.165) is 0 Å². The van der Waals surface area contributed by atoms with E-state index in [-0.39, 0.29) is 18.0 Å². The van der Waals surface area contributed by atoms with Crippen molar-refractivity contribution in [3.8, 4) is 11.5 Å². The van der Waals surface area contributed by atoms with Crippen LogP contribution in [-0.2, 0) is 14.9 Å². The van der Waals surface area contributed by atoms with Crippen LogP contribution >= 0.6 is 0 Å². The highest BCUT2D eigenvalue weighted by molar-refractivity contribution is 7.87. The summed E-state index contributed by atoms with van der Waals surface area (Å²) in [5, 5.41) is 19.9. The molecule has 8 heteroatoms. The molecule has 130 valence electrons. The summed E-state index contributed by atoms with van der Waals surface area (Å²) in [5.41, 5.74) is 0.676. The van der Waals surface area contributed by atoms with Gasteiger partial charge >= 0.3 is 16.1 Å². The van der Waals surface area contributed by atoms with Crippen molar-refractivity contribution >= 4 is 21.8 Å². The maximum absolute atomic E-state index is 10.9. The van der Waals surface area contributed by atoms with Crippen LogP contribution in [0.2, 0.25) is 0 Å². The third-order valence-electron chi connectivity index (χ3n) is 2.63. The number of aliphatic carboxylic acids is 1. The number of carboxylic acid groups (broad SMARTS) is 1. The van der Waals surface area contributed by atoms with Gasteiger partial charge in [0.25, 0.3) is 0 Å². The van der Waals surface area contributed by atoms with Crippen LogP contribution in [0, 0.1) is 0 Å². The summed E-state index contributed by atoms with van der Waals surface area (Å²) in [7, 11) is -3.37. The molecule has 2 aromatic carbocycles. The van der Waals surface area contributed by atoms with Crippen LogP contribution in [0.3, 0.4) is 0 Å². The molecule has 0 spiro atoms. The molecular weight excluding hydrogens is 334 g/mol. The first-order valence-electron chi connectivity index (χ1n) is 7.04. The number of para-hydroxylation sites is 1. The zero-order chi connectivity index (χ0) is 18.0. The topological polar surface area (TPSA) is 113 Å².